The molecule has 2 nitrogen and oxygen atoms in total. The fraction of sp³-hybridized carbons (Fsp3) is 0.345. The molecule has 0 amide bonds. The molecule has 4 rings (SSSR count). The first-order valence-electron chi connectivity index (χ1n) is 11.6. The van der Waals surface area contributed by atoms with Gasteiger partial charge in [-0.15, -0.1) is 0 Å². The molecule has 0 bridgehead atoms. The fourth-order valence-electron chi connectivity index (χ4n) is 4.63. The number of allylic oxidation sites excluding steroid dienone is 1. The SMILES string of the molecule is COc1cccc2c1-c1nc(C(C)C)c(/C=C/C(C)C)c(-c3ccc(F)cc3)c1CCC2. The molecule has 0 atom stereocenters. The Balaban J connectivity index is 2.13. The van der Waals surface area contributed by atoms with Crippen LogP contribution in [0.25, 0.3) is 28.5 Å². The summed E-state index contributed by atoms with van der Waals surface area (Å²) in [5, 5.41) is 0. The van der Waals surface area contributed by atoms with Crippen molar-refractivity contribution < 1.29 is 9.13 Å². The Morgan fingerprint density at radius 3 is 2.38 bits per heavy atom. The summed E-state index contributed by atoms with van der Waals surface area (Å²) in [5.41, 5.74) is 9.06. The highest BCUT2D eigenvalue weighted by Gasteiger charge is 2.27. The van der Waals surface area contributed by atoms with Crippen LogP contribution in [0.1, 0.15) is 62.4 Å². The van der Waals surface area contributed by atoms with Gasteiger partial charge in [0.05, 0.1) is 18.5 Å². The van der Waals surface area contributed by atoms with Crippen molar-refractivity contribution in [2.75, 3.05) is 7.11 Å². The molecule has 3 heteroatoms. The summed E-state index contributed by atoms with van der Waals surface area (Å²) in [4.78, 5) is 5.30. The van der Waals surface area contributed by atoms with Crippen LogP contribution in [0.15, 0.2) is 48.5 Å². The van der Waals surface area contributed by atoms with Crippen LogP contribution in [-0.4, -0.2) is 12.1 Å². The van der Waals surface area contributed by atoms with E-state index >= 15 is 0 Å². The molecule has 0 N–H and O–H groups in total. The number of benzene rings is 2. The molecule has 0 aliphatic heterocycles. The van der Waals surface area contributed by atoms with Gasteiger partial charge in [0.15, 0.2) is 0 Å². The average molecular weight is 430 g/mol. The number of methoxy groups -OCH3 is 1. The zero-order valence-corrected chi connectivity index (χ0v) is 19.7. The first kappa shape index (κ1) is 22.3. The molecular weight excluding hydrogens is 397 g/mol. The Morgan fingerprint density at radius 1 is 0.969 bits per heavy atom. The average Bonchev–Trinajstić information content (AvgIpc) is 2.96. The van der Waals surface area contributed by atoms with Gasteiger partial charge in [0, 0.05) is 11.1 Å². The van der Waals surface area contributed by atoms with E-state index in [-0.39, 0.29) is 11.7 Å². The van der Waals surface area contributed by atoms with E-state index in [2.05, 4.69) is 52.0 Å². The molecular formula is C29H32FNO. The predicted molar refractivity (Wildman–Crippen MR) is 132 cm³/mol. The molecule has 0 saturated carbocycles. The normalized spacial score (nSPS) is 13.4. The molecule has 1 aromatic heterocycles. The standard InChI is InChI=1S/C29H32FNO/c1-18(2)12-17-24-26(21-13-15-22(30)16-14-21)23-10-6-8-20-9-7-11-25(32-5)27(20)29(23)31-28(24)19(3)4/h7,9,11-19H,6,8,10H2,1-5H3/b17-12+. The number of halogens is 1. The number of hydrogen-bond donors (Lipinski definition) is 0. The van der Waals surface area contributed by atoms with Gasteiger partial charge < -0.3 is 4.74 Å². The van der Waals surface area contributed by atoms with E-state index < -0.39 is 0 Å². The van der Waals surface area contributed by atoms with Crippen LogP contribution < -0.4 is 4.74 Å². The van der Waals surface area contributed by atoms with Crippen molar-refractivity contribution in [3.05, 3.63) is 76.7 Å². The van der Waals surface area contributed by atoms with Gasteiger partial charge in [-0.25, -0.2) is 4.39 Å². The van der Waals surface area contributed by atoms with Crippen LogP contribution in [0.5, 0.6) is 5.75 Å². The van der Waals surface area contributed by atoms with Gasteiger partial charge in [-0.05, 0) is 71.6 Å². The fourth-order valence-corrected chi connectivity index (χ4v) is 4.63. The molecule has 0 radical (unpaired) electrons. The van der Waals surface area contributed by atoms with Crippen molar-refractivity contribution in [1.82, 2.24) is 4.98 Å². The second kappa shape index (κ2) is 9.28. The smallest absolute Gasteiger partial charge is 0.128 e. The Bertz CT molecular complexity index is 1140. The van der Waals surface area contributed by atoms with Crippen LogP contribution in [0, 0.1) is 11.7 Å². The number of aryl methyl sites for hydroxylation is 1. The molecule has 166 valence electrons. The number of aromatic nitrogens is 1. The molecule has 32 heavy (non-hydrogen) atoms. The minimum atomic E-state index is -0.218. The van der Waals surface area contributed by atoms with E-state index in [1.165, 1.54) is 16.7 Å². The lowest BCUT2D eigenvalue weighted by Crippen LogP contribution is -2.07. The molecule has 0 fully saturated rings. The Labute approximate surface area is 191 Å². The van der Waals surface area contributed by atoms with E-state index in [0.717, 1.165) is 53.1 Å². The summed E-state index contributed by atoms with van der Waals surface area (Å²) >= 11 is 0. The highest BCUT2D eigenvalue weighted by atomic mass is 19.1. The number of pyridine rings is 1. The lowest BCUT2D eigenvalue weighted by molar-refractivity contribution is 0.416. The van der Waals surface area contributed by atoms with Gasteiger partial charge in [-0.2, -0.15) is 0 Å². The third-order valence-corrected chi connectivity index (χ3v) is 6.13. The van der Waals surface area contributed by atoms with Crippen LogP contribution in [0.2, 0.25) is 0 Å². The van der Waals surface area contributed by atoms with Crippen LogP contribution in [0.3, 0.4) is 0 Å². The number of hydrogen-bond acceptors (Lipinski definition) is 2. The highest BCUT2D eigenvalue weighted by molar-refractivity contribution is 5.87. The van der Waals surface area contributed by atoms with Crippen LogP contribution in [-0.2, 0) is 12.8 Å². The molecule has 0 saturated heterocycles. The summed E-state index contributed by atoms with van der Waals surface area (Å²) in [6, 6.07) is 13.2. The Morgan fingerprint density at radius 2 is 1.72 bits per heavy atom. The van der Waals surface area contributed by atoms with Gasteiger partial charge in [0.2, 0.25) is 0 Å². The molecule has 1 aliphatic carbocycles. The second-order valence-electron chi connectivity index (χ2n) is 9.23. The molecule has 1 heterocycles. The van der Waals surface area contributed by atoms with E-state index in [1.54, 1.807) is 19.2 Å². The number of fused-ring (bicyclic) bond motifs is 3. The minimum Gasteiger partial charge on any atom is -0.496 e. The van der Waals surface area contributed by atoms with E-state index in [9.17, 15) is 4.39 Å². The summed E-state index contributed by atoms with van der Waals surface area (Å²) in [6.45, 7) is 8.74. The number of nitrogens with zero attached hydrogens (tertiary/aromatic N) is 1. The van der Waals surface area contributed by atoms with Crippen molar-refractivity contribution in [2.45, 2.75) is 52.9 Å². The first-order chi connectivity index (χ1) is 15.4. The molecule has 0 spiro atoms. The largest absolute Gasteiger partial charge is 0.496 e. The van der Waals surface area contributed by atoms with Gasteiger partial charge in [0.1, 0.15) is 11.6 Å². The molecule has 1 aliphatic rings. The van der Waals surface area contributed by atoms with Crippen molar-refractivity contribution in [2.24, 2.45) is 5.92 Å². The predicted octanol–water partition coefficient (Wildman–Crippen LogP) is 7.84. The zero-order valence-electron chi connectivity index (χ0n) is 19.7. The van der Waals surface area contributed by atoms with Crippen molar-refractivity contribution >= 4 is 6.08 Å². The number of ether oxygens (including phenoxy) is 1. The Kier molecular flexibility index (Phi) is 6.45. The van der Waals surface area contributed by atoms with Gasteiger partial charge in [0.25, 0.3) is 0 Å². The first-order valence-corrected chi connectivity index (χ1v) is 11.6. The van der Waals surface area contributed by atoms with E-state index in [0.29, 0.717) is 5.92 Å². The highest BCUT2D eigenvalue weighted by Crippen LogP contribution is 2.44. The van der Waals surface area contributed by atoms with Crippen molar-refractivity contribution in [3.63, 3.8) is 0 Å². The topological polar surface area (TPSA) is 22.1 Å². The Hall–Kier alpha value is -2.94. The van der Waals surface area contributed by atoms with Crippen LogP contribution in [0.4, 0.5) is 4.39 Å². The third kappa shape index (κ3) is 4.21. The molecule has 3 aromatic rings. The summed E-state index contributed by atoms with van der Waals surface area (Å²) in [5.74, 6) is 1.32. The maximum atomic E-state index is 13.8. The van der Waals surface area contributed by atoms with Crippen molar-refractivity contribution in [1.29, 1.82) is 0 Å². The maximum absolute atomic E-state index is 13.8. The molecule has 2 aromatic carbocycles. The lowest BCUT2D eigenvalue weighted by Gasteiger charge is -2.22. The zero-order chi connectivity index (χ0) is 22.8. The van der Waals surface area contributed by atoms with Crippen molar-refractivity contribution in [3.8, 4) is 28.1 Å². The summed E-state index contributed by atoms with van der Waals surface area (Å²) in [6.07, 6.45) is 7.40. The molecule has 0 unspecified atom stereocenters. The summed E-state index contributed by atoms with van der Waals surface area (Å²) in [7, 11) is 1.73. The van der Waals surface area contributed by atoms with Gasteiger partial charge in [-0.1, -0.05) is 64.1 Å². The number of rotatable bonds is 5. The van der Waals surface area contributed by atoms with Gasteiger partial charge in [-0.3, -0.25) is 4.98 Å². The summed E-state index contributed by atoms with van der Waals surface area (Å²) < 4.78 is 19.6. The minimum absolute atomic E-state index is 0.218. The lowest BCUT2D eigenvalue weighted by atomic mass is 9.86. The maximum Gasteiger partial charge on any atom is 0.128 e. The van der Waals surface area contributed by atoms with Crippen LogP contribution >= 0.6 is 0 Å². The second-order valence-corrected chi connectivity index (χ2v) is 9.23. The third-order valence-electron chi connectivity index (χ3n) is 6.13. The quantitative estimate of drug-likeness (QED) is 0.412. The van der Waals surface area contributed by atoms with Gasteiger partial charge >= 0.3 is 0 Å². The monoisotopic (exact) mass is 429 g/mol. The van der Waals surface area contributed by atoms with E-state index in [4.69, 9.17) is 9.72 Å². The van der Waals surface area contributed by atoms with E-state index in [1.807, 2.05) is 18.2 Å².